The van der Waals surface area contributed by atoms with E-state index in [1.54, 1.807) is 0 Å². The molecule has 0 aromatic rings. The largest absolute Gasteiger partial charge is 0.248 e. The van der Waals surface area contributed by atoms with E-state index in [2.05, 4.69) is 0 Å². The average molecular weight is 146 g/mol. The van der Waals surface area contributed by atoms with E-state index in [1.165, 1.54) is 12.0 Å². The maximum absolute atomic E-state index is 12.4. The summed E-state index contributed by atoms with van der Waals surface area (Å²) in [4.78, 5) is 9.75. The van der Waals surface area contributed by atoms with Crippen LogP contribution in [0.3, 0.4) is 0 Å². The van der Waals surface area contributed by atoms with Crippen LogP contribution in [0.4, 0.5) is 8.78 Å². The van der Waals surface area contributed by atoms with Gasteiger partial charge in [0.1, 0.15) is 5.94 Å². The Morgan fingerprint density at radius 3 is 2.70 bits per heavy atom. The van der Waals surface area contributed by atoms with Gasteiger partial charge in [0.05, 0.1) is 0 Å². The highest BCUT2D eigenvalue weighted by molar-refractivity contribution is 5.45. The summed E-state index contributed by atoms with van der Waals surface area (Å²) in [6.07, 6.45) is 1.35. The number of rotatable bonds is 1. The lowest BCUT2D eigenvalue weighted by Crippen LogP contribution is -2.08. The van der Waals surface area contributed by atoms with Crippen molar-refractivity contribution in [1.29, 1.82) is 0 Å². The molecule has 1 rings (SSSR count). The molecule has 0 N–H and O–H groups in total. The molecule has 1 saturated carbocycles. The van der Waals surface area contributed by atoms with Gasteiger partial charge in [0.25, 0.3) is 0 Å². The molecular weight excluding hydrogens is 138 g/mol. The fourth-order valence-corrected chi connectivity index (χ4v) is 1.22. The quantitative estimate of drug-likeness (QED) is 0.515. The molecule has 1 atom stereocenters. The van der Waals surface area contributed by atoms with E-state index >= 15 is 0 Å². The van der Waals surface area contributed by atoms with Gasteiger partial charge < -0.3 is 0 Å². The van der Waals surface area contributed by atoms with Crippen LogP contribution >= 0.6 is 0 Å². The monoisotopic (exact) mass is 146 g/mol. The maximum Gasteiger partial charge on any atom is 0.248 e. The van der Waals surface area contributed by atoms with Crippen LogP contribution in [0.25, 0.3) is 0 Å². The second-order valence-electron chi connectivity index (χ2n) is 2.64. The van der Waals surface area contributed by atoms with E-state index in [4.69, 9.17) is 0 Å². The van der Waals surface area contributed by atoms with Gasteiger partial charge in [-0.3, -0.25) is 0 Å². The van der Waals surface area contributed by atoms with Gasteiger partial charge in [0.15, 0.2) is 0 Å². The minimum atomic E-state index is -2.54. The Balaban J connectivity index is 2.51. The number of carbonyl (C=O) groups excluding carboxylic acids is 1. The minimum absolute atomic E-state index is 0.0875. The van der Waals surface area contributed by atoms with Crippen LogP contribution in [0.15, 0.2) is 6.08 Å². The summed E-state index contributed by atoms with van der Waals surface area (Å²) < 4.78 is 24.7. The standard InChI is InChI=1S/C7H8F2O/c8-7(9)3-1-6(5-7)2-4-10/h2,6H,1,3,5H2. The van der Waals surface area contributed by atoms with Gasteiger partial charge >= 0.3 is 0 Å². The number of alkyl halides is 2. The molecule has 1 aliphatic rings. The topological polar surface area (TPSA) is 17.1 Å². The predicted molar refractivity (Wildman–Crippen MR) is 32.6 cm³/mol. The molecule has 0 bridgehead atoms. The normalized spacial score (nSPS) is 29.6. The lowest BCUT2D eigenvalue weighted by molar-refractivity contribution is 0.00681. The second-order valence-corrected chi connectivity index (χ2v) is 2.64. The minimum Gasteiger partial charge on any atom is -0.234 e. The summed E-state index contributed by atoms with van der Waals surface area (Å²) in [7, 11) is 0. The van der Waals surface area contributed by atoms with Crippen molar-refractivity contribution in [3.8, 4) is 0 Å². The molecule has 1 fully saturated rings. The lowest BCUT2D eigenvalue weighted by atomic mass is 10.1. The van der Waals surface area contributed by atoms with Crippen molar-refractivity contribution < 1.29 is 13.6 Å². The smallest absolute Gasteiger partial charge is 0.234 e. The van der Waals surface area contributed by atoms with Crippen LogP contribution in [0, 0.1) is 5.92 Å². The zero-order valence-electron chi connectivity index (χ0n) is 5.44. The molecule has 0 aliphatic heterocycles. The van der Waals surface area contributed by atoms with E-state index in [9.17, 15) is 13.6 Å². The predicted octanol–water partition coefficient (Wildman–Crippen LogP) is 1.81. The van der Waals surface area contributed by atoms with Crippen molar-refractivity contribution in [3.63, 3.8) is 0 Å². The second kappa shape index (κ2) is 2.51. The molecule has 0 saturated heterocycles. The van der Waals surface area contributed by atoms with E-state index in [0.29, 0.717) is 6.42 Å². The lowest BCUT2D eigenvalue weighted by Gasteiger charge is -2.04. The van der Waals surface area contributed by atoms with Crippen molar-refractivity contribution in [2.45, 2.75) is 25.2 Å². The number of halogens is 2. The molecule has 0 heterocycles. The summed E-state index contributed by atoms with van der Waals surface area (Å²) >= 11 is 0. The summed E-state index contributed by atoms with van der Waals surface area (Å²) in [5.41, 5.74) is 0. The maximum atomic E-state index is 12.4. The first-order chi connectivity index (χ1) is 4.64. The van der Waals surface area contributed by atoms with Gasteiger partial charge in [-0.1, -0.05) is 0 Å². The van der Waals surface area contributed by atoms with Crippen molar-refractivity contribution >= 4 is 5.94 Å². The Labute approximate surface area is 57.7 Å². The highest BCUT2D eigenvalue weighted by Gasteiger charge is 2.38. The van der Waals surface area contributed by atoms with Gasteiger partial charge in [-0.2, -0.15) is 0 Å². The van der Waals surface area contributed by atoms with Crippen molar-refractivity contribution in [1.82, 2.24) is 0 Å². The number of hydrogen-bond donors (Lipinski definition) is 0. The highest BCUT2D eigenvalue weighted by Crippen LogP contribution is 2.38. The van der Waals surface area contributed by atoms with Crippen LogP contribution < -0.4 is 0 Å². The van der Waals surface area contributed by atoms with Crippen molar-refractivity contribution in [3.05, 3.63) is 6.08 Å². The Hall–Kier alpha value is -0.690. The van der Waals surface area contributed by atoms with Crippen LogP contribution in [-0.4, -0.2) is 11.9 Å². The van der Waals surface area contributed by atoms with E-state index < -0.39 is 5.92 Å². The van der Waals surface area contributed by atoms with E-state index in [1.807, 2.05) is 0 Å². The molecule has 0 spiro atoms. The molecule has 1 unspecified atom stereocenters. The Kier molecular flexibility index (Phi) is 1.86. The van der Waals surface area contributed by atoms with E-state index in [-0.39, 0.29) is 18.8 Å². The fraction of sp³-hybridized carbons (Fsp3) is 0.714. The summed E-state index contributed by atoms with van der Waals surface area (Å²) in [5.74, 6) is -1.25. The summed E-state index contributed by atoms with van der Waals surface area (Å²) in [6.45, 7) is 0. The first kappa shape index (κ1) is 7.42. The number of allylic oxidation sites excluding steroid dienone is 1. The van der Waals surface area contributed by atoms with Gasteiger partial charge in [-0.05, 0) is 12.3 Å². The Morgan fingerprint density at radius 2 is 2.30 bits per heavy atom. The van der Waals surface area contributed by atoms with Gasteiger partial charge in [0.2, 0.25) is 5.92 Å². The Bertz CT molecular complexity index is 170. The third kappa shape index (κ3) is 1.64. The molecule has 0 aromatic heterocycles. The fourth-order valence-electron chi connectivity index (χ4n) is 1.22. The van der Waals surface area contributed by atoms with Crippen LogP contribution in [0.5, 0.6) is 0 Å². The molecule has 10 heavy (non-hydrogen) atoms. The first-order valence-corrected chi connectivity index (χ1v) is 3.23. The molecule has 1 aliphatic carbocycles. The van der Waals surface area contributed by atoms with Gasteiger partial charge in [-0.15, -0.1) is 0 Å². The van der Waals surface area contributed by atoms with E-state index in [0.717, 1.165) is 0 Å². The molecule has 0 radical (unpaired) electrons. The van der Waals surface area contributed by atoms with Crippen LogP contribution in [-0.2, 0) is 4.79 Å². The number of hydrogen-bond acceptors (Lipinski definition) is 1. The zero-order valence-corrected chi connectivity index (χ0v) is 5.44. The molecule has 1 nitrogen and oxygen atoms in total. The molecule has 0 aromatic carbocycles. The zero-order chi connectivity index (χ0) is 7.61. The molecular formula is C7H8F2O. The molecule has 0 amide bonds. The average Bonchev–Trinajstić information content (AvgIpc) is 2.12. The third-order valence-electron chi connectivity index (χ3n) is 1.75. The van der Waals surface area contributed by atoms with Crippen molar-refractivity contribution in [2.75, 3.05) is 0 Å². The molecule has 56 valence electrons. The summed E-state index contributed by atoms with van der Waals surface area (Å²) in [5, 5.41) is 0. The Morgan fingerprint density at radius 1 is 1.60 bits per heavy atom. The third-order valence-corrected chi connectivity index (χ3v) is 1.75. The van der Waals surface area contributed by atoms with Crippen molar-refractivity contribution in [2.24, 2.45) is 5.92 Å². The van der Waals surface area contributed by atoms with Gasteiger partial charge in [0, 0.05) is 18.9 Å². The van der Waals surface area contributed by atoms with Gasteiger partial charge in [-0.25, -0.2) is 13.6 Å². The SMILES string of the molecule is O=C=CC1CCC(F)(F)C1. The van der Waals surface area contributed by atoms with Crippen LogP contribution in [0.1, 0.15) is 19.3 Å². The highest BCUT2D eigenvalue weighted by atomic mass is 19.3. The van der Waals surface area contributed by atoms with Crippen LogP contribution in [0.2, 0.25) is 0 Å². The molecule has 3 heteroatoms. The summed E-state index contributed by atoms with van der Waals surface area (Å²) in [6, 6.07) is 0. The first-order valence-electron chi connectivity index (χ1n) is 3.23.